The second kappa shape index (κ2) is 9.67. The van der Waals surface area contributed by atoms with E-state index in [0.717, 1.165) is 24.0 Å². The molecule has 0 radical (unpaired) electrons. The number of benzene rings is 2. The Morgan fingerprint density at radius 2 is 1.78 bits per heavy atom. The lowest BCUT2D eigenvalue weighted by Crippen LogP contribution is -2.37. The normalized spacial score (nSPS) is 15.5. The second-order valence-corrected chi connectivity index (χ2v) is 10.3. The average molecular weight is 453 g/mol. The number of hydrogen-bond donors (Lipinski definition) is 1. The fraction of sp³-hybridized carbons (Fsp3) is 0.333. The van der Waals surface area contributed by atoms with Crippen molar-refractivity contribution in [3.8, 4) is 0 Å². The first-order valence-electron chi connectivity index (χ1n) is 10.9. The van der Waals surface area contributed by atoms with Crippen molar-refractivity contribution in [1.82, 2.24) is 19.4 Å². The molecule has 0 bridgehead atoms. The Hall–Kier alpha value is -2.97. The molecule has 32 heavy (non-hydrogen) atoms. The van der Waals surface area contributed by atoms with E-state index in [1.165, 1.54) is 16.4 Å². The van der Waals surface area contributed by atoms with Gasteiger partial charge in [0.25, 0.3) is 5.91 Å². The molecule has 1 aliphatic rings. The topological polar surface area (TPSA) is 84.3 Å². The van der Waals surface area contributed by atoms with Crippen LogP contribution in [0.25, 0.3) is 0 Å². The molecule has 1 saturated heterocycles. The van der Waals surface area contributed by atoms with E-state index in [1.54, 1.807) is 18.3 Å². The van der Waals surface area contributed by atoms with Gasteiger partial charge in [-0.15, -0.1) is 0 Å². The van der Waals surface area contributed by atoms with Gasteiger partial charge in [-0.3, -0.25) is 9.48 Å². The van der Waals surface area contributed by atoms with Crippen molar-refractivity contribution in [1.29, 1.82) is 0 Å². The molecule has 0 aliphatic carbocycles. The van der Waals surface area contributed by atoms with Crippen LogP contribution in [0.4, 0.5) is 0 Å². The first-order chi connectivity index (χ1) is 15.4. The van der Waals surface area contributed by atoms with Crippen LogP contribution >= 0.6 is 0 Å². The SMILES string of the molecule is CC1CCN(S(=O)(=O)c2ccc(C(=O)NCc3cccc(Cn4cccn4)c3)cc2)CC1. The van der Waals surface area contributed by atoms with E-state index in [4.69, 9.17) is 0 Å². The minimum Gasteiger partial charge on any atom is -0.348 e. The number of rotatable bonds is 7. The highest BCUT2D eigenvalue weighted by Crippen LogP contribution is 2.23. The van der Waals surface area contributed by atoms with Crippen molar-refractivity contribution >= 4 is 15.9 Å². The van der Waals surface area contributed by atoms with Crippen LogP contribution < -0.4 is 5.32 Å². The number of sulfonamides is 1. The Balaban J connectivity index is 1.36. The monoisotopic (exact) mass is 452 g/mol. The predicted molar refractivity (Wildman–Crippen MR) is 123 cm³/mol. The summed E-state index contributed by atoms with van der Waals surface area (Å²) in [7, 11) is -3.52. The first kappa shape index (κ1) is 22.2. The van der Waals surface area contributed by atoms with Gasteiger partial charge >= 0.3 is 0 Å². The zero-order valence-electron chi connectivity index (χ0n) is 18.1. The summed E-state index contributed by atoms with van der Waals surface area (Å²) in [4.78, 5) is 12.8. The standard InChI is InChI=1S/C24H28N4O3S/c1-19-10-14-28(15-11-19)32(30,31)23-8-6-22(7-9-23)24(29)25-17-20-4-2-5-21(16-20)18-27-13-3-12-26-27/h2-9,12-13,16,19H,10-11,14-15,17-18H2,1H3,(H,25,29). The van der Waals surface area contributed by atoms with Crippen LogP contribution in [0.1, 0.15) is 41.3 Å². The average Bonchev–Trinajstić information content (AvgIpc) is 3.31. The molecular weight excluding hydrogens is 424 g/mol. The van der Waals surface area contributed by atoms with Crippen LogP contribution in [0, 0.1) is 5.92 Å². The summed E-state index contributed by atoms with van der Waals surface area (Å²) in [6.07, 6.45) is 5.41. The van der Waals surface area contributed by atoms with Crippen molar-refractivity contribution in [2.45, 2.75) is 37.8 Å². The smallest absolute Gasteiger partial charge is 0.251 e. The van der Waals surface area contributed by atoms with Crippen molar-refractivity contribution in [2.24, 2.45) is 5.92 Å². The molecule has 1 aromatic heterocycles. The van der Waals surface area contributed by atoms with Crippen LogP contribution in [-0.2, 0) is 23.1 Å². The van der Waals surface area contributed by atoms with E-state index in [1.807, 2.05) is 41.2 Å². The van der Waals surface area contributed by atoms with E-state index in [0.29, 0.717) is 37.7 Å². The number of nitrogens with one attached hydrogen (secondary N) is 1. The number of nitrogens with zero attached hydrogens (tertiary/aromatic N) is 3. The summed E-state index contributed by atoms with van der Waals surface area (Å²) < 4.78 is 29.1. The van der Waals surface area contributed by atoms with Crippen molar-refractivity contribution < 1.29 is 13.2 Å². The minimum absolute atomic E-state index is 0.231. The van der Waals surface area contributed by atoms with E-state index in [2.05, 4.69) is 17.3 Å². The first-order valence-corrected chi connectivity index (χ1v) is 12.3. The van der Waals surface area contributed by atoms with Crippen molar-refractivity contribution in [3.05, 3.63) is 83.7 Å². The van der Waals surface area contributed by atoms with Gasteiger partial charge in [0.15, 0.2) is 0 Å². The zero-order chi connectivity index (χ0) is 22.6. The van der Waals surface area contributed by atoms with Crippen LogP contribution in [0.3, 0.4) is 0 Å². The predicted octanol–water partition coefficient (Wildman–Crippen LogP) is 3.28. The van der Waals surface area contributed by atoms with Gasteiger partial charge < -0.3 is 5.32 Å². The maximum absolute atomic E-state index is 12.9. The molecule has 168 valence electrons. The van der Waals surface area contributed by atoms with Gasteiger partial charge in [-0.05, 0) is 60.2 Å². The summed E-state index contributed by atoms with van der Waals surface area (Å²) in [5.41, 5.74) is 2.52. The molecule has 2 aromatic carbocycles. The zero-order valence-corrected chi connectivity index (χ0v) is 19.0. The molecule has 1 amide bonds. The largest absolute Gasteiger partial charge is 0.348 e. The molecule has 0 spiro atoms. The molecular formula is C24H28N4O3S. The minimum atomic E-state index is -3.52. The summed E-state index contributed by atoms with van der Waals surface area (Å²) >= 11 is 0. The quantitative estimate of drug-likeness (QED) is 0.596. The summed E-state index contributed by atoms with van der Waals surface area (Å²) in [6, 6.07) is 16.1. The van der Waals surface area contributed by atoms with Gasteiger partial charge in [-0.1, -0.05) is 31.2 Å². The molecule has 8 heteroatoms. The Labute approximate surface area is 189 Å². The highest BCUT2D eigenvalue weighted by Gasteiger charge is 2.28. The third-order valence-electron chi connectivity index (χ3n) is 5.85. The van der Waals surface area contributed by atoms with Gasteiger partial charge in [0, 0.05) is 37.6 Å². The van der Waals surface area contributed by atoms with Crippen LogP contribution in [0.15, 0.2) is 71.9 Å². The number of aromatic nitrogens is 2. The highest BCUT2D eigenvalue weighted by molar-refractivity contribution is 7.89. The van der Waals surface area contributed by atoms with Crippen molar-refractivity contribution in [2.75, 3.05) is 13.1 Å². The Morgan fingerprint density at radius 3 is 2.47 bits per heavy atom. The summed E-state index contributed by atoms with van der Waals surface area (Å²) in [5, 5.41) is 7.12. The van der Waals surface area contributed by atoms with Gasteiger partial charge in [-0.2, -0.15) is 9.40 Å². The van der Waals surface area contributed by atoms with Crippen LogP contribution in [-0.4, -0.2) is 41.5 Å². The molecule has 1 N–H and O–H groups in total. The molecule has 7 nitrogen and oxygen atoms in total. The van der Waals surface area contributed by atoms with Crippen LogP contribution in [0.2, 0.25) is 0 Å². The summed E-state index contributed by atoms with van der Waals surface area (Å²) in [5.74, 6) is 0.317. The molecule has 4 rings (SSSR count). The third-order valence-corrected chi connectivity index (χ3v) is 7.76. The fourth-order valence-electron chi connectivity index (χ4n) is 3.86. The maximum Gasteiger partial charge on any atom is 0.251 e. The second-order valence-electron chi connectivity index (χ2n) is 8.32. The molecule has 1 fully saturated rings. The van der Waals surface area contributed by atoms with Gasteiger partial charge in [-0.25, -0.2) is 8.42 Å². The lowest BCUT2D eigenvalue weighted by Gasteiger charge is -2.29. The molecule has 0 saturated carbocycles. The fourth-order valence-corrected chi connectivity index (χ4v) is 5.33. The Morgan fingerprint density at radius 1 is 1.06 bits per heavy atom. The van der Waals surface area contributed by atoms with Crippen molar-refractivity contribution in [3.63, 3.8) is 0 Å². The molecule has 2 heterocycles. The number of carbonyl (C=O) groups excluding carboxylic acids is 1. The van der Waals surface area contributed by atoms with E-state index >= 15 is 0 Å². The lowest BCUT2D eigenvalue weighted by molar-refractivity contribution is 0.0950. The van der Waals surface area contributed by atoms with E-state index in [-0.39, 0.29) is 10.8 Å². The van der Waals surface area contributed by atoms with E-state index < -0.39 is 10.0 Å². The third kappa shape index (κ3) is 5.26. The van der Waals surface area contributed by atoms with Gasteiger partial charge in [0.2, 0.25) is 10.0 Å². The maximum atomic E-state index is 12.9. The van der Waals surface area contributed by atoms with Crippen LogP contribution in [0.5, 0.6) is 0 Å². The molecule has 0 unspecified atom stereocenters. The lowest BCUT2D eigenvalue weighted by atomic mass is 10.0. The number of piperidine rings is 1. The van der Waals surface area contributed by atoms with Gasteiger partial charge in [0.05, 0.1) is 11.4 Å². The van der Waals surface area contributed by atoms with E-state index in [9.17, 15) is 13.2 Å². The highest BCUT2D eigenvalue weighted by atomic mass is 32.2. The number of carbonyl (C=O) groups is 1. The number of hydrogen-bond acceptors (Lipinski definition) is 4. The molecule has 1 aliphatic heterocycles. The molecule has 3 aromatic rings. The Bertz CT molecular complexity index is 1150. The number of amides is 1. The summed E-state index contributed by atoms with van der Waals surface area (Å²) in [6.45, 7) is 4.29. The molecule has 0 atom stereocenters. The van der Waals surface area contributed by atoms with Gasteiger partial charge in [0.1, 0.15) is 0 Å². The Kier molecular flexibility index (Phi) is 6.72.